The lowest BCUT2D eigenvalue weighted by atomic mass is 10.2. The Labute approximate surface area is 188 Å². The molecule has 0 unspecified atom stereocenters. The van der Waals surface area contributed by atoms with Gasteiger partial charge in [-0.1, -0.05) is 11.6 Å². The van der Waals surface area contributed by atoms with Gasteiger partial charge in [-0.25, -0.2) is 9.67 Å². The van der Waals surface area contributed by atoms with Crippen LogP contribution in [0.1, 0.15) is 17.3 Å². The molecular weight excluding hydrogens is 438 g/mol. The third-order valence-corrected chi connectivity index (χ3v) is 4.32. The van der Waals surface area contributed by atoms with Crippen molar-refractivity contribution in [3.63, 3.8) is 0 Å². The fourth-order valence-corrected chi connectivity index (χ4v) is 2.82. The normalized spacial score (nSPS) is 10.3. The zero-order valence-electron chi connectivity index (χ0n) is 17.1. The van der Waals surface area contributed by atoms with Crippen LogP contribution in [0.4, 0.5) is 5.69 Å². The van der Waals surface area contributed by atoms with E-state index >= 15 is 0 Å². The largest absolute Gasteiger partial charge is 0.494 e. The molecule has 11 heteroatoms. The van der Waals surface area contributed by atoms with Gasteiger partial charge in [0.1, 0.15) is 24.9 Å². The number of nitrogens with zero attached hydrogens (tertiary/aromatic N) is 3. The van der Waals surface area contributed by atoms with E-state index in [9.17, 15) is 14.4 Å². The maximum atomic E-state index is 12.2. The third-order valence-electron chi connectivity index (χ3n) is 4.08. The minimum absolute atomic E-state index is 0.362. The van der Waals surface area contributed by atoms with Crippen molar-refractivity contribution in [1.29, 1.82) is 0 Å². The fourth-order valence-electron chi connectivity index (χ4n) is 2.65. The molecule has 1 heterocycles. The molecule has 0 saturated heterocycles. The number of aromatic nitrogens is 3. The second-order valence-corrected chi connectivity index (χ2v) is 6.79. The Morgan fingerprint density at radius 1 is 1.12 bits per heavy atom. The average Bonchev–Trinajstić information content (AvgIpc) is 3.31. The van der Waals surface area contributed by atoms with Crippen LogP contribution in [0.2, 0.25) is 5.02 Å². The van der Waals surface area contributed by atoms with Crippen molar-refractivity contribution >= 4 is 35.1 Å². The third kappa shape index (κ3) is 6.29. The number of rotatable bonds is 9. The molecule has 0 aliphatic carbocycles. The highest BCUT2D eigenvalue weighted by atomic mass is 35.5. The SMILES string of the molecule is CCOc1ccc(C(=O)NCC(=O)OCC(=O)Nc2cc(Cl)ccc2-n2cncn2)cc1. The number of ether oxygens (including phenoxy) is 2. The Kier molecular flexibility index (Phi) is 7.76. The number of esters is 1. The Bertz CT molecular complexity index is 1090. The van der Waals surface area contributed by atoms with Crippen molar-refractivity contribution < 1.29 is 23.9 Å². The number of nitrogens with one attached hydrogen (secondary N) is 2. The molecule has 3 rings (SSSR count). The fraction of sp³-hybridized carbons (Fsp3) is 0.190. The molecular formula is C21H20ClN5O5. The van der Waals surface area contributed by atoms with Crippen LogP contribution in [0, 0.1) is 0 Å². The van der Waals surface area contributed by atoms with Crippen LogP contribution < -0.4 is 15.4 Å². The van der Waals surface area contributed by atoms with E-state index in [1.54, 1.807) is 36.4 Å². The van der Waals surface area contributed by atoms with Crippen molar-refractivity contribution in [2.24, 2.45) is 0 Å². The summed E-state index contributed by atoms with van der Waals surface area (Å²) in [6.45, 7) is 1.45. The standard InChI is InChI=1S/C21H20ClN5O5/c1-2-31-16-6-3-14(4-7-16)21(30)24-10-20(29)32-11-19(28)26-17-9-15(22)5-8-18(17)27-13-23-12-25-27/h3-9,12-13H,2,10-11H2,1H3,(H,24,30)(H,26,28). The van der Waals surface area contributed by atoms with Gasteiger partial charge in [0.05, 0.1) is 18.0 Å². The van der Waals surface area contributed by atoms with Crippen LogP contribution in [-0.4, -0.2) is 52.3 Å². The Morgan fingerprint density at radius 2 is 1.91 bits per heavy atom. The van der Waals surface area contributed by atoms with Crippen LogP contribution in [0.25, 0.3) is 5.69 Å². The highest BCUT2D eigenvalue weighted by molar-refractivity contribution is 6.31. The monoisotopic (exact) mass is 457 g/mol. The molecule has 10 nitrogen and oxygen atoms in total. The van der Waals surface area contributed by atoms with Crippen molar-refractivity contribution in [1.82, 2.24) is 20.1 Å². The Balaban J connectivity index is 1.48. The molecule has 0 radical (unpaired) electrons. The lowest BCUT2D eigenvalue weighted by Gasteiger charge is -2.12. The molecule has 166 valence electrons. The predicted molar refractivity (Wildman–Crippen MR) is 116 cm³/mol. The van der Waals surface area contributed by atoms with E-state index in [1.807, 2.05) is 6.92 Å². The van der Waals surface area contributed by atoms with Gasteiger partial charge in [-0.05, 0) is 49.4 Å². The number of carbonyl (C=O) groups excluding carboxylic acids is 3. The summed E-state index contributed by atoms with van der Waals surface area (Å²) in [5, 5.41) is 9.47. The first-order valence-corrected chi connectivity index (χ1v) is 9.95. The number of anilines is 1. The summed E-state index contributed by atoms with van der Waals surface area (Å²) in [7, 11) is 0. The smallest absolute Gasteiger partial charge is 0.325 e. The second kappa shape index (κ2) is 10.9. The van der Waals surface area contributed by atoms with E-state index in [0.717, 1.165) is 0 Å². The number of benzene rings is 2. The topological polar surface area (TPSA) is 124 Å². The van der Waals surface area contributed by atoms with Crippen LogP contribution in [0.5, 0.6) is 5.75 Å². The van der Waals surface area contributed by atoms with Crippen LogP contribution in [0.3, 0.4) is 0 Å². The maximum Gasteiger partial charge on any atom is 0.325 e. The molecule has 0 saturated carbocycles. The summed E-state index contributed by atoms with van der Waals surface area (Å²) in [5.74, 6) is -1.16. The molecule has 32 heavy (non-hydrogen) atoms. The first-order valence-electron chi connectivity index (χ1n) is 9.57. The summed E-state index contributed by atoms with van der Waals surface area (Å²) < 4.78 is 11.7. The van der Waals surface area contributed by atoms with Gasteiger partial charge in [-0.2, -0.15) is 5.10 Å². The molecule has 2 aromatic carbocycles. The summed E-state index contributed by atoms with van der Waals surface area (Å²) in [5.41, 5.74) is 1.27. The zero-order valence-corrected chi connectivity index (χ0v) is 17.8. The van der Waals surface area contributed by atoms with Gasteiger partial charge < -0.3 is 20.1 Å². The molecule has 1 aromatic heterocycles. The van der Waals surface area contributed by atoms with Crippen LogP contribution in [-0.2, 0) is 14.3 Å². The minimum atomic E-state index is -0.762. The van der Waals surface area contributed by atoms with Gasteiger partial charge in [0.15, 0.2) is 6.61 Å². The lowest BCUT2D eigenvalue weighted by molar-refractivity contribution is -0.146. The molecule has 2 amide bonds. The number of carbonyl (C=O) groups is 3. The van der Waals surface area contributed by atoms with Crippen molar-refractivity contribution in [3.8, 4) is 11.4 Å². The van der Waals surface area contributed by atoms with E-state index in [-0.39, 0.29) is 6.54 Å². The van der Waals surface area contributed by atoms with E-state index in [0.29, 0.717) is 34.3 Å². The van der Waals surface area contributed by atoms with Gasteiger partial charge in [0.2, 0.25) is 0 Å². The van der Waals surface area contributed by atoms with Gasteiger partial charge in [-0.3, -0.25) is 14.4 Å². The summed E-state index contributed by atoms with van der Waals surface area (Å²) >= 11 is 6.01. The highest BCUT2D eigenvalue weighted by Crippen LogP contribution is 2.23. The number of hydrogen-bond acceptors (Lipinski definition) is 7. The first-order chi connectivity index (χ1) is 15.5. The molecule has 0 aliphatic rings. The van der Waals surface area contributed by atoms with E-state index in [1.165, 1.54) is 23.4 Å². The molecule has 0 fully saturated rings. The van der Waals surface area contributed by atoms with Gasteiger partial charge in [0, 0.05) is 10.6 Å². The maximum absolute atomic E-state index is 12.2. The Hall–Kier alpha value is -3.92. The Morgan fingerprint density at radius 3 is 2.59 bits per heavy atom. The second-order valence-electron chi connectivity index (χ2n) is 6.35. The molecule has 0 atom stereocenters. The molecule has 0 aliphatic heterocycles. The van der Waals surface area contributed by atoms with Gasteiger partial charge in [-0.15, -0.1) is 0 Å². The highest BCUT2D eigenvalue weighted by Gasteiger charge is 2.13. The van der Waals surface area contributed by atoms with E-state index in [4.69, 9.17) is 21.1 Å². The van der Waals surface area contributed by atoms with E-state index < -0.39 is 24.4 Å². The van der Waals surface area contributed by atoms with Crippen molar-refractivity contribution in [2.45, 2.75) is 6.92 Å². The minimum Gasteiger partial charge on any atom is -0.494 e. The molecule has 0 spiro atoms. The van der Waals surface area contributed by atoms with Gasteiger partial charge >= 0.3 is 5.97 Å². The quantitative estimate of drug-likeness (QED) is 0.472. The summed E-state index contributed by atoms with van der Waals surface area (Å²) in [6, 6.07) is 11.3. The number of hydrogen-bond donors (Lipinski definition) is 2. The average molecular weight is 458 g/mol. The van der Waals surface area contributed by atoms with Crippen molar-refractivity contribution in [3.05, 3.63) is 65.7 Å². The number of amides is 2. The van der Waals surface area contributed by atoms with E-state index in [2.05, 4.69) is 20.7 Å². The van der Waals surface area contributed by atoms with Crippen LogP contribution in [0.15, 0.2) is 55.1 Å². The van der Waals surface area contributed by atoms with Crippen molar-refractivity contribution in [2.75, 3.05) is 25.1 Å². The molecule has 3 aromatic rings. The predicted octanol–water partition coefficient (Wildman–Crippen LogP) is 2.23. The summed E-state index contributed by atoms with van der Waals surface area (Å²) in [4.78, 5) is 40.1. The first kappa shape index (κ1) is 22.8. The zero-order chi connectivity index (χ0) is 22.9. The van der Waals surface area contributed by atoms with Crippen LogP contribution >= 0.6 is 11.6 Å². The lowest BCUT2D eigenvalue weighted by Crippen LogP contribution is -2.32. The number of halogens is 1. The summed E-state index contributed by atoms with van der Waals surface area (Å²) in [6.07, 6.45) is 2.82. The molecule has 0 bridgehead atoms. The van der Waals surface area contributed by atoms with Gasteiger partial charge in [0.25, 0.3) is 11.8 Å². The molecule has 2 N–H and O–H groups in total.